The minimum atomic E-state index is 0.0551. The number of carbonyl (C=O) groups excluding carboxylic acids is 1. The van der Waals surface area contributed by atoms with Gasteiger partial charge in [-0.3, -0.25) is 9.69 Å². The van der Waals surface area contributed by atoms with E-state index in [9.17, 15) is 4.79 Å². The van der Waals surface area contributed by atoms with E-state index < -0.39 is 0 Å². The van der Waals surface area contributed by atoms with Crippen molar-refractivity contribution in [2.45, 2.75) is 32.9 Å². The molecule has 0 radical (unpaired) electrons. The topological polar surface area (TPSA) is 62.5 Å². The predicted molar refractivity (Wildman–Crippen MR) is 73.7 cm³/mol. The van der Waals surface area contributed by atoms with Gasteiger partial charge in [0.25, 0.3) is 5.91 Å². The largest absolute Gasteiger partial charge is 0.375 e. The van der Waals surface area contributed by atoms with Crippen LogP contribution in [-0.2, 0) is 0 Å². The molecule has 0 saturated carbocycles. The molecule has 2 rings (SSSR count). The number of nitrogens with zero attached hydrogens (tertiary/aromatic N) is 3. The summed E-state index contributed by atoms with van der Waals surface area (Å²) in [5.74, 6) is 0.0551. The Bertz CT molecular complexity index is 431. The standard InChI is InChI=1S/C12H20N4OS/c1-8(2)16-5-4-15(7-9(16)3)11(17)10-6-14-12(13)18-10/h6,8-9H,4-5,7H2,1-3H3,(H2,13,14)/t9-/m1/s1. The van der Waals surface area contributed by atoms with Gasteiger partial charge in [-0.2, -0.15) is 0 Å². The maximum absolute atomic E-state index is 12.3. The fourth-order valence-corrected chi connectivity index (χ4v) is 3.12. The molecule has 5 nitrogen and oxygen atoms in total. The van der Waals surface area contributed by atoms with Gasteiger partial charge in [-0.15, -0.1) is 0 Å². The van der Waals surface area contributed by atoms with E-state index >= 15 is 0 Å². The molecule has 100 valence electrons. The molecule has 0 unspecified atom stereocenters. The minimum absolute atomic E-state index is 0.0551. The van der Waals surface area contributed by atoms with E-state index in [4.69, 9.17) is 5.73 Å². The van der Waals surface area contributed by atoms with E-state index in [0.717, 1.165) is 19.6 Å². The first kappa shape index (κ1) is 13.3. The number of piperazine rings is 1. The van der Waals surface area contributed by atoms with Gasteiger partial charge in [-0.1, -0.05) is 11.3 Å². The maximum atomic E-state index is 12.3. The average molecular weight is 268 g/mol. The van der Waals surface area contributed by atoms with E-state index in [1.54, 1.807) is 6.20 Å². The lowest BCUT2D eigenvalue weighted by Gasteiger charge is -2.41. The number of nitrogen functional groups attached to an aromatic ring is 1. The minimum Gasteiger partial charge on any atom is -0.375 e. The van der Waals surface area contributed by atoms with Crippen LogP contribution in [0.25, 0.3) is 0 Å². The summed E-state index contributed by atoms with van der Waals surface area (Å²) in [4.78, 5) is 21.1. The Hall–Kier alpha value is -1.14. The van der Waals surface area contributed by atoms with Crippen LogP contribution >= 0.6 is 11.3 Å². The summed E-state index contributed by atoms with van der Waals surface area (Å²) in [6.45, 7) is 9.03. The van der Waals surface area contributed by atoms with E-state index in [1.807, 2.05) is 4.90 Å². The lowest BCUT2D eigenvalue weighted by Crippen LogP contribution is -2.55. The number of carbonyl (C=O) groups is 1. The maximum Gasteiger partial charge on any atom is 0.265 e. The van der Waals surface area contributed by atoms with Crippen molar-refractivity contribution in [2.24, 2.45) is 0 Å². The van der Waals surface area contributed by atoms with Crippen LogP contribution in [0.15, 0.2) is 6.20 Å². The molecule has 1 aromatic heterocycles. The van der Waals surface area contributed by atoms with E-state index in [1.165, 1.54) is 11.3 Å². The molecular weight excluding hydrogens is 248 g/mol. The molecule has 1 aromatic rings. The lowest BCUT2D eigenvalue weighted by molar-refractivity contribution is 0.0430. The number of aromatic nitrogens is 1. The Morgan fingerprint density at radius 1 is 1.56 bits per heavy atom. The van der Waals surface area contributed by atoms with Crippen molar-refractivity contribution < 1.29 is 4.79 Å². The summed E-state index contributed by atoms with van der Waals surface area (Å²) in [6.07, 6.45) is 1.57. The van der Waals surface area contributed by atoms with Crippen LogP contribution in [0.3, 0.4) is 0 Å². The molecule has 1 aliphatic heterocycles. The second kappa shape index (κ2) is 5.24. The van der Waals surface area contributed by atoms with Crippen LogP contribution in [-0.4, -0.2) is 52.4 Å². The monoisotopic (exact) mass is 268 g/mol. The van der Waals surface area contributed by atoms with Gasteiger partial charge < -0.3 is 10.6 Å². The highest BCUT2D eigenvalue weighted by atomic mass is 32.1. The Morgan fingerprint density at radius 2 is 2.28 bits per heavy atom. The number of hydrogen-bond acceptors (Lipinski definition) is 5. The number of rotatable bonds is 2. The van der Waals surface area contributed by atoms with Crippen LogP contribution in [0.2, 0.25) is 0 Å². The molecule has 6 heteroatoms. The highest BCUT2D eigenvalue weighted by Gasteiger charge is 2.29. The normalized spacial score (nSPS) is 21.6. The molecule has 1 saturated heterocycles. The Morgan fingerprint density at radius 3 is 2.78 bits per heavy atom. The third-order valence-electron chi connectivity index (χ3n) is 3.36. The van der Waals surface area contributed by atoms with Gasteiger partial charge in [0.05, 0.1) is 6.20 Å². The summed E-state index contributed by atoms with van der Waals surface area (Å²) in [7, 11) is 0. The second-order valence-electron chi connectivity index (χ2n) is 4.99. The third-order valence-corrected chi connectivity index (χ3v) is 4.18. The van der Waals surface area contributed by atoms with Crippen molar-refractivity contribution in [1.29, 1.82) is 0 Å². The van der Waals surface area contributed by atoms with Crippen molar-refractivity contribution >= 4 is 22.4 Å². The first-order valence-electron chi connectivity index (χ1n) is 6.25. The Labute approximate surface area is 112 Å². The highest BCUT2D eigenvalue weighted by Crippen LogP contribution is 2.19. The molecule has 1 fully saturated rings. The van der Waals surface area contributed by atoms with Crippen molar-refractivity contribution in [3.63, 3.8) is 0 Å². The third kappa shape index (κ3) is 2.64. The summed E-state index contributed by atoms with van der Waals surface area (Å²) in [6, 6.07) is 0.921. The van der Waals surface area contributed by atoms with Crippen molar-refractivity contribution in [2.75, 3.05) is 25.4 Å². The smallest absolute Gasteiger partial charge is 0.265 e. The second-order valence-corrected chi connectivity index (χ2v) is 6.06. The predicted octanol–water partition coefficient (Wildman–Crippen LogP) is 1.28. The number of nitrogens with two attached hydrogens (primary N) is 1. The molecule has 1 amide bonds. The summed E-state index contributed by atoms with van der Waals surface area (Å²) in [5, 5.41) is 0.451. The van der Waals surface area contributed by atoms with E-state index in [-0.39, 0.29) is 5.91 Å². The fraction of sp³-hybridized carbons (Fsp3) is 0.667. The zero-order valence-electron chi connectivity index (χ0n) is 11.1. The van der Waals surface area contributed by atoms with Gasteiger partial charge in [0.2, 0.25) is 0 Å². The van der Waals surface area contributed by atoms with Gasteiger partial charge >= 0.3 is 0 Å². The highest BCUT2D eigenvalue weighted by molar-refractivity contribution is 7.17. The first-order chi connectivity index (χ1) is 8.49. The molecule has 0 spiro atoms. The Kier molecular flexibility index (Phi) is 3.87. The number of amides is 1. The van der Waals surface area contributed by atoms with Crippen LogP contribution in [0, 0.1) is 0 Å². The molecular formula is C12H20N4OS. The van der Waals surface area contributed by atoms with Gasteiger partial charge in [-0.05, 0) is 20.8 Å². The summed E-state index contributed by atoms with van der Waals surface area (Å²) >= 11 is 1.26. The van der Waals surface area contributed by atoms with E-state index in [0.29, 0.717) is 22.1 Å². The van der Waals surface area contributed by atoms with Gasteiger partial charge in [0, 0.05) is 31.7 Å². The number of thiazole rings is 1. The first-order valence-corrected chi connectivity index (χ1v) is 7.07. The van der Waals surface area contributed by atoms with Gasteiger partial charge in [0.1, 0.15) is 4.88 Å². The van der Waals surface area contributed by atoms with Crippen LogP contribution in [0.1, 0.15) is 30.4 Å². The van der Waals surface area contributed by atoms with Gasteiger partial charge in [0.15, 0.2) is 5.13 Å². The van der Waals surface area contributed by atoms with Gasteiger partial charge in [-0.25, -0.2) is 4.98 Å². The molecule has 2 heterocycles. The molecule has 2 N–H and O–H groups in total. The zero-order valence-corrected chi connectivity index (χ0v) is 11.9. The Balaban J connectivity index is 2.02. The summed E-state index contributed by atoms with van der Waals surface area (Å²) < 4.78 is 0. The fourth-order valence-electron chi connectivity index (χ4n) is 2.47. The molecule has 1 atom stereocenters. The molecule has 0 bridgehead atoms. The number of hydrogen-bond donors (Lipinski definition) is 1. The SMILES string of the molecule is CC(C)N1CCN(C(=O)c2cnc(N)s2)C[C@H]1C. The van der Waals surface area contributed by atoms with E-state index in [2.05, 4.69) is 30.7 Å². The molecule has 0 aliphatic carbocycles. The number of anilines is 1. The molecule has 18 heavy (non-hydrogen) atoms. The van der Waals surface area contributed by atoms with Crippen molar-refractivity contribution in [3.05, 3.63) is 11.1 Å². The van der Waals surface area contributed by atoms with Crippen LogP contribution in [0.5, 0.6) is 0 Å². The molecule has 1 aliphatic rings. The average Bonchev–Trinajstić information content (AvgIpc) is 2.74. The van der Waals surface area contributed by atoms with Crippen LogP contribution < -0.4 is 5.73 Å². The lowest BCUT2D eigenvalue weighted by atomic mass is 10.1. The van der Waals surface area contributed by atoms with Crippen molar-refractivity contribution in [1.82, 2.24) is 14.8 Å². The van der Waals surface area contributed by atoms with Crippen molar-refractivity contribution in [3.8, 4) is 0 Å². The molecule has 0 aromatic carbocycles. The van der Waals surface area contributed by atoms with Crippen LogP contribution in [0.4, 0.5) is 5.13 Å². The quantitative estimate of drug-likeness (QED) is 0.877. The summed E-state index contributed by atoms with van der Waals surface area (Å²) in [5.41, 5.74) is 5.56. The zero-order chi connectivity index (χ0) is 13.3.